The Bertz CT molecular complexity index is 597. The van der Waals surface area contributed by atoms with Crippen LogP contribution in [0.2, 0.25) is 0 Å². The fourth-order valence-corrected chi connectivity index (χ4v) is 2.58. The maximum atomic E-state index is 12.8. The highest BCUT2D eigenvalue weighted by atomic mass is 35.5. The number of ether oxygens (including phenoxy) is 1. The predicted octanol–water partition coefficient (Wildman–Crippen LogP) is 2.98. The van der Waals surface area contributed by atoms with Crippen LogP contribution in [0.3, 0.4) is 0 Å². The minimum absolute atomic E-state index is 0. The molecular formula is C15H19ClFN3O2. The van der Waals surface area contributed by atoms with E-state index in [2.05, 4.69) is 10.1 Å². The van der Waals surface area contributed by atoms with Gasteiger partial charge in [0.25, 0.3) is 0 Å². The molecule has 1 saturated carbocycles. The van der Waals surface area contributed by atoms with Gasteiger partial charge in [-0.15, -0.1) is 12.4 Å². The van der Waals surface area contributed by atoms with Crippen molar-refractivity contribution in [3.63, 3.8) is 0 Å². The summed E-state index contributed by atoms with van der Waals surface area (Å²) in [6.07, 6.45) is 4.51. The molecule has 0 amide bonds. The van der Waals surface area contributed by atoms with Crippen molar-refractivity contribution in [1.82, 2.24) is 10.1 Å². The van der Waals surface area contributed by atoms with Gasteiger partial charge in [-0.2, -0.15) is 4.98 Å². The van der Waals surface area contributed by atoms with Crippen LogP contribution >= 0.6 is 12.4 Å². The lowest BCUT2D eigenvalue weighted by Crippen LogP contribution is -2.34. The van der Waals surface area contributed by atoms with E-state index >= 15 is 0 Å². The Labute approximate surface area is 134 Å². The van der Waals surface area contributed by atoms with Crippen molar-refractivity contribution < 1.29 is 13.7 Å². The number of benzene rings is 1. The van der Waals surface area contributed by atoms with Gasteiger partial charge in [0, 0.05) is 0 Å². The molecule has 0 radical (unpaired) electrons. The third kappa shape index (κ3) is 3.75. The van der Waals surface area contributed by atoms with Crippen LogP contribution in [0.1, 0.15) is 37.4 Å². The van der Waals surface area contributed by atoms with Gasteiger partial charge in [0.1, 0.15) is 11.6 Å². The van der Waals surface area contributed by atoms with Crippen LogP contribution in [0, 0.1) is 5.82 Å². The topological polar surface area (TPSA) is 74.2 Å². The highest BCUT2D eigenvalue weighted by Gasteiger charge is 2.35. The fraction of sp³-hybridized carbons (Fsp3) is 0.467. The third-order valence-corrected chi connectivity index (χ3v) is 3.81. The van der Waals surface area contributed by atoms with E-state index in [0.29, 0.717) is 30.5 Å². The van der Waals surface area contributed by atoms with Gasteiger partial charge in [0.05, 0.1) is 18.6 Å². The summed E-state index contributed by atoms with van der Waals surface area (Å²) >= 11 is 0. The zero-order valence-electron chi connectivity index (χ0n) is 12.1. The minimum Gasteiger partial charge on any atom is -0.493 e. The first kappa shape index (κ1) is 16.7. The van der Waals surface area contributed by atoms with E-state index in [4.69, 9.17) is 15.0 Å². The van der Waals surface area contributed by atoms with E-state index in [1.54, 1.807) is 12.1 Å². The van der Waals surface area contributed by atoms with E-state index in [0.717, 1.165) is 25.7 Å². The predicted molar refractivity (Wildman–Crippen MR) is 81.5 cm³/mol. The molecule has 1 aliphatic rings. The second-order valence-electron chi connectivity index (χ2n) is 5.43. The van der Waals surface area contributed by atoms with Gasteiger partial charge >= 0.3 is 0 Å². The molecule has 1 aromatic carbocycles. The first-order valence-corrected chi connectivity index (χ1v) is 7.16. The molecule has 3 rings (SSSR count). The lowest BCUT2D eigenvalue weighted by molar-refractivity contribution is 0.289. The summed E-state index contributed by atoms with van der Waals surface area (Å²) < 4.78 is 23.5. The lowest BCUT2D eigenvalue weighted by atomic mass is 9.99. The molecule has 1 fully saturated rings. The molecule has 5 nitrogen and oxygen atoms in total. The average Bonchev–Trinajstić information content (AvgIpc) is 3.11. The number of nitrogens with zero attached hydrogens (tertiary/aromatic N) is 2. The molecule has 1 aliphatic carbocycles. The van der Waals surface area contributed by atoms with Gasteiger partial charge in [-0.1, -0.05) is 18.0 Å². The Morgan fingerprint density at radius 1 is 1.23 bits per heavy atom. The first-order chi connectivity index (χ1) is 10.2. The maximum absolute atomic E-state index is 12.8. The number of hydrogen-bond acceptors (Lipinski definition) is 5. The molecule has 0 unspecified atom stereocenters. The summed E-state index contributed by atoms with van der Waals surface area (Å²) in [6.45, 7) is 0.394. The average molecular weight is 328 g/mol. The monoisotopic (exact) mass is 327 g/mol. The van der Waals surface area contributed by atoms with Crippen molar-refractivity contribution in [2.24, 2.45) is 5.73 Å². The maximum Gasteiger partial charge on any atom is 0.230 e. The zero-order chi connectivity index (χ0) is 14.7. The molecule has 0 spiro atoms. The fourth-order valence-electron chi connectivity index (χ4n) is 2.58. The molecule has 1 heterocycles. The molecule has 120 valence electrons. The highest BCUT2D eigenvalue weighted by Crippen LogP contribution is 2.34. The molecule has 0 aliphatic heterocycles. The third-order valence-electron chi connectivity index (χ3n) is 3.81. The van der Waals surface area contributed by atoms with Gasteiger partial charge in [-0.25, -0.2) is 4.39 Å². The second-order valence-corrected chi connectivity index (χ2v) is 5.43. The van der Waals surface area contributed by atoms with E-state index in [1.165, 1.54) is 12.1 Å². The molecule has 22 heavy (non-hydrogen) atoms. The summed E-state index contributed by atoms with van der Waals surface area (Å²) in [5, 5.41) is 3.99. The van der Waals surface area contributed by atoms with Crippen LogP contribution < -0.4 is 10.5 Å². The van der Waals surface area contributed by atoms with Crippen molar-refractivity contribution in [3.8, 4) is 5.75 Å². The van der Waals surface area contributed by atoms with Gasteiger partial charge in [0.15, 0.2) is 5.82 Å². The lowest BCUT2D eigenvalue weighted by Gasteiger charge is -2.17. The van der Waals surface area contributed by atoms with E-state index in [9.17, 15) is 4.39 Å². The Morgan fingerprint density at radius 3 is 2.59 bits per heavy atom. The van der Waals surface area contributed by atoms with E-state index in [1.807, 2.05) is 0 Å². The summed E-state index contributed by atoms with van der Waals surface area (Å²) in [5.74, 6) is 1.44. The van der Waals surface area contributed by atoms with Crippen LogP contribution in [0.4, 0.5) is 4.39 Å². The SMILES string of the molecule is Cl.NC1(c2noc(CCOc3ccc(F)cc3)n2)CCCC1. The normalized spacial score (nSPS) is 16.3. The number of rotatable bonds is 5. The summed E-state index contributed by atoms with van der Waals surface area (Å²) in [7, 11) is 0. The number of nitrogens with two attached hydrogens (primary N) is 1. The smallest absolute Gasteiger partial charge is 0.230 e. The first-order valence-electron chi connectivity index (χ1n) is 7.16. The van der Waals surface area contributed by atoms with Gasteiger partial charge in [-0.3, -0.25) is 0 Å². The van der Waals surface area contributed by atoms with Crippen molar-refractivity contribution in [2.45, 2.75) is 37.6 Å². The molecule has 0 bridgehead atoms. The van der Waals surface area contributed by atoms with Crippen molar-refractivity contribution >= 4 is 12.4 Å². The van der Waals surface area contributed by atoms with Crippen molar-refractivity contribution in [3.05, 3.63) is 41.8 Å². The summed E-state index contributed by atoms with van der Waals surface area (Å²) in [5.41, 5.74) is 5.84. The Hall–Kier alpha value is -1.66. The molecule has 0 atom stereocenters. The zero-order valence-corrected chi connectivity index (χ0v) is 12.9. The minimum atomic E-state index is -0.431. The Kier molecular flexibility index (Phi) is 5.37. The Morgan fingerprint density at radius 2 is 1.91 bits per heavy atom. The molecule has 0 saturated heterocycles. The number of hydrogen-bond donors (Lipinski definition) is 1. The standard InChI is InChI=1S/C15H18FN3O2.ClH/c16-11-3-5-12(6-4-11)20-10-7-13-18-14(19-21-13)15(17)8-1-2-9-15;/h3-6H,1-2,7-10,17H2;1H. The number of aromatic nitrogens is 2. The van der Waals surface area contributed by atoms with E-state index < -0.39 is 5.54 Å². The van der Waals surface area contributed by atoms with Crippen LogP contribution in [-0.4, -0.2) is 16.7 Å². The Balaban J connectivity index is 0.00000176. The van der Waals surface area contributed by atoms with Gasteiger partial charge in [0.2, 0.25) is 5.89 Å². The van der Waals surface area contributed by atoms with Crippen LogP contribution in [0.15, 0.2) is 28.8 Å². The number of halogens is 2. The van der Waals surface area contributed by atoms with Crippen molar-refractivity contribution in [2.75, 3.05) is 6.61 Å². The van der Waals surface area contributed by atoms with Crippen LogP contribution in [0.5, 0.6) is 5.75 Å². The molecular weight excluding hydrogens is 309 g/mol. The van der Waals surface area contributed by atoms with Crippen LogP contribution in [-0.2, 0) is 12.0 Å². The molecule has 1 aromatic heterocycles. The van der Waals surface area contributed by atoms with E-state index in [-0.39, 0.29) is 18.2 Å². The van der Waals surface area contributed by atoms with Gasteiger partial charge < -0.3 is 15.0 Å². The quantitative estimate of drug-likeness (QED) is 0.913. The highest BCUT2D eigenvalue weighted by molar-refractivity contribution is 5.85. The molecule has 7 heteroatoms. The van der Waals surface area contributed by atoms with Crippen molar-refractivity contribution in [1.29, 1.82) is 0 Å². The van der Waals surface area contributed by atoms with Gasteiger partial charge in [-0.05, 0) is 37.1 Å². The largest absolute Gasteiger partial charge is 0.493 e. The van der Waals surface area contributed by atoms with Crippen LogP contribution in [0.25, 0.3) is 0 Å². The summed E-state index contributed by atoms with van der Waals surface area (Å²) in [6, 6.07) is 5.89. The molecule has 2 aromatic rings. The summed E-state index contributed by atoms with van der Waals surface area (Å²) in [4.78, 5) is 4.37. The molecule has 2 N–H and O–H groups in total. The second kappa shape index (κ2) is 7.07.